The van der Waals surface area contributed by atoms with E-state index in [1.54, 1.807) is 0 Å². The molecule has 0 fully saturated rings. The number of hydrogen-bond acceptors (Lipinski definition) is 5. The number of fused-ring (bicyclic) bond motifs is 1. The zero-order valence-electron chi connectivity index (χ0n) is 11.5. The van der Waals surface area contributed by atoms with Crippen LogP contribution in [0.5, 0.6) is 5.75 Å². The zero-order chi connectivity index (χ0) is 13.9. The van der Waals surface area contributed by atoms with Crippen LogP contribution in [0.1, 0.15) is 17.8 Å². The van der Waals surface area contributed by atoms with Crippen LogP contribution in [-0.2, 0) is 6.54 Å². The van der Waals surface area contributed by atoms with E-state index < -0.39 is 0 Å². The highest BCUT2D eigenvalue weighted by molar-refractivity contribution is 5.65. The maximum Gasteiger partial charge on any atom is 0.230 e. The molecule has 1 aliphatic rings. The summed E-state index contributed by atoms with van der Waals surface area (Å²) in [6, 6.07) is 9.91. The molecule has 5 heteroatoms. The highest BCUT2D eigenvalue weighted by Crippen LogP contribution is 2.34. The molecule has 0 radical (unpaired) electrons. The molecule has 0 aliphatic carbocycles. The Morgan fingerprint density at radius 3 is 3.00 bits per heavy atom. The van der Waals surface area contributed by atoms with Gasteiger partial charge in [0.2, 0.25) is 5.95 Å². The van der Waals surface area contributed by atoms with Crippen LogP contribution in [0, 0.1) is 6.92 Å². The Hall–Kier alpha value is -2.14. The van der Waals surface area contributed by atoms with Gasteiger partial charge in [0, 0.05) is 18.8 Å². The minimum Gasteiger partial charge on any atom is -0.491 e. The van der Waals surface area contributed by atoms with E-state index in [2.05, 4.69) is 14.9 Å². The monoisotopic (exact) mass is 270 g/mol. The van der Waals surface area contributed by atoms with Crippen molar-refractivity contribution in [3.05, 3.63) is 41.7 Å². The van der Waals surface area contributed by atoms with Crippen molar-refractivity contribution >= 4 is 11.6 Å². The Labute approximate surface area is 118 Å². The van der Waals surface area contributed by atoms with Crippen molar-refractivity contribution in [2.24, 2.45) is 5.73 Å². The van der Waals surface area contributed by atoms with E-state index in [0.717, 1.165) is 35.8 Å². The molecule has 0 bridgehead atoms. The minimum atomic E-state index is 0.419. The first kappa shape index (κ1) is 12.9. The SMILES string of the molecule is Cc1cc(CN)nc(N2CCCOc3ccccc32)n1. The van der Waals surface area contributed by atoms with Crippen LogP contribution in [-0.4, -0.2) is 23.1 Å². The summed E-state index contributed by atoms with van der Waals surface area (Å²) in [5, 5.41) is 0. The van der Waals surface area contributed by atoms with Crippen LogP contribution < -0.4 is 15.4 Å². The maximum absolute atomic E-state index is 5.77. The zero-order valence-corrected chi connectivity index (χ0v) is 11.5. The quantitative estimate of drug-likeness (QED) is 0.906. The Morgan fingerprint density at radius 2 is 2.15 bits per heavy atom. The summed E-state index contributed by atoms with van der Waals surface area (Å²) in [5.74, 6) is 1.58. The lowest BCUT2D eigenvalue weighted by atomic mass is 10.2. The standard InChI is InChI=1S/C15H18N4O/c1-11-9-12(10-16)18-15(17-11)19-7-4-8-20-14-6-3-2-5-13(14)19/h2-3,5-6,9H,4,7-8,10,16H2,1H3. The molecule has 0 saturated heterocycles. The molecule has 20 heavy (non-hydrogen) atoms. The van der Waals surface area contributed by atoms with Crippen LogP contribution in [0.2, 0.25) is 0 Å². The van der Waals surface area contributed by atoms with Gasteiger partial charge >= 0.3 is 0 Å². The molecule has 0 unspecified atom stereocenters. The molecule has 2 aromatic rings. The number of ether oxygens (including phenoxy) is 1. The highest BCUT2D eigenvalue weighted by atomic mass is 16.5. The molecule has 0 saturated carbocycles. The Morgan fingerprint density at radius 1 is 1.30 bits per heavy atom. The van der Waals surface area contributed by atoms with Gasteiger partial charge in [-0.15, -0.1) is 0 Å². The number of para-hydroxylation sites is 2. The van der Waals surface area contributed by atoms with Gasteiger partial charge in [0.15, 0.2) is 0 Å². The first-order valence-electron chi connectivity index (χ1n) is 6.82. The van der Waals surface area contributed by atoms with Gasteiger partial charge in [0.25, 0.3) is 0 Å². The van der Waals surface area contributed by atoms with Crippen LogP contribution in [0.15, 0.2) is 30.3 Å². The van der Waals surface area contributed by atoms with Gasteiger partial charge in [-0.3, -0.25) is 0 Å². The van der Waals surface area contributed by atoms with Crippen LogP contribution >= 0.6 is 0 Å². The molecular formula is C15H18N4O. The summed E-state index contributed by atoms with van der Waals surface area (Å²) in [5.41, 5.74) is 8.51. The molecule has 5 nitrogen and oxygen atoms in total. The summed E-state index contributed by atoms with van der Waals surface area (Å²) in [6.07, 6.45) is 0.934. The minimum absolute atomic E-state index is 0.419. The van der Waals surface area contributed by atoms with Crippen molar-refractivity contribution in [3.8, 4) is 5.75 Å². The van der Waals surface area contributed by atoms with Crippen molar-refractivity contribution < 1.29 is 4.74 Å². The lowest BCUT2D eigenvalue weighted by Gasteiger charge is -2.22. The molecule has 2 N–H and O–H groups in total. The van der Waals surface area contributed by atoms with Gasteiger partial charge in [-0.25, -0.2) is 9.97 Å². The van der Waals surface area contributed by atoms with E-state index in [9.17, 15) is 0 Å². The predicted octanol–water partition coefficient (Wildman–Crippen LogP) is 2.16. The Kier molecular flexibility index (Phi) is 3.52. The van der Waals surface area contributed by atoms with E-state index in [4.69, 9.17) is 10.5 Å². The Bertz CT molecular complexity index is 615. The number of benzene rings is 1. The predicted molar refractivity (Wildman–Crippen MR) is 78.2 cm³/mol. The van der Waals surface area contributed by atoms with E-state index in [0.29, 0.717) is 19.1 Å². The summed E-state index contributed by atoms with van der Waals surface area (Å²) in [7, 11) is 0. The highest BCUT2D eigenvalue weighted by Gasteiger charge is 2.20. The molecule has 1 aliphatic heterocycles. The van der Waals surface area contributed by atoms with Crippen molar-refractivity contribution in [3.63, 3.8) is 0 Å². The van der Waals surface area contributed by atoms with E-state index in [-0.39, 0.29) is 0 Å². The van der Waals surface area contributed by atoms with E-state index in [1.807, 2.05) is 37.3 Å². The number of nitrogens with zero attached hydrogens (tertiary/aromatic N) is 3. The number of hydrogen-bond donors (Lipinski definition) is 1. The molecule has 0 atom stereocenters. The molecule has 1 aromatic carbocycles. The number of rotatable bonds is 2. The fraction of sp³-hybridized carbons (Fsp3) is 0.333. The first-order valence-corrected chi connectivity index (χ1v) is 6.82. The smallest absolute Gasteiger partial charge is 0.230 e. The molecule has 2 heterocycles. The number of nitrogens with two attached hydrogens (primary N) is 1. The fourth-order valence-electron chi connectivity index (χ4n) is 2.38. The van der Waals surface area contributed by atoms with Gasteiger partial charge < -0.3 is 15.4 Å². The average molecular weight is 270 g/mol. The number of anilines is 2. The summed E-state index contributed by atoms with van der Waals surface area (Å²) in [4.78, 5) is 11.2. The molecule has 1 aromatic heterocycles. The lowest BCUT2D eigenvalue weighted by Crippen LogP contribution is -2.21. The van der Waals surface area contributed by atoms with Crippen molar-refractivity contribution in [1.82, 2.24) is 9.97 Å². The van der Waals surface area contributed by atoms with Crippen LogP contribution in [0.4, 0.5) is 11.6 Å². The van der Waals surface area contributed by atoms with Crippen molar-refractivity contribution in [2.75, 3.05) is 18.1 Å². The molecule has 0 spiro atoms. The lowest BCUT2D eigenvalue weighted by molar-refractivity contribution is 0.322. The third-order valence-electron chi connectivity index (χ3n) is 3.29. The second-order valence-electron chi connectivity index (χ2n) is 4.83. The second-order valence-corrected chi connectivity index (χ2v) is 4.83. The third-order valence-corrected chi connectivity index (χ3v) is 3.29. The fourth-order valence-corrected chi connectivity index (χ4v) is 2.38. The third kappa shape index (κ3) is 2.44. The van der Waals surface area contributed by atoms with Gasteiger partial charge in [-0.05, 0) is 31.5 Å². The average Bonchev–Trinajstić information content (AvgIpc) is 2.69. The first-order chi connectivity index (χ1) is 9.78. The van der Waals surface area contributed by atoms with Crippen molar-refractivity contribution in [2.45, 2.75) is 19.9 Å². The number of aromatic nitrogens is 2. The number of aryl methyl sites for hydroxylation is 1. The summed E-state index contributed by atoms with van der Waals surface area (Å²) in [6.45, 7) is 3.93. The van der Waals surface area contributed by atoms with E-state index >= 15 is 0 Å². The Balaban J connectivity index is 2.07. The van der Waals surface area contributed by atoms with Crippen molar-refractivity contribution in [1.29, 1.82) is 0 Å². The molecule has 104 valence electrons. The molecular weight excluding hydrogens is 252 g/mol. The normalized spacial score (nSPS) is 14.4. The largest absolute Gasteiger partial charge is 0.491 e. The van der Waals surface area contributed by atoms with Gasteiger partial charge in [0.05, 0.1) is 18.0 Å². The molecule has 0 amide bonds. The second kappa shape index (κ2) is 5.46. The van der Waals surface area contributed by atoms with Crippen LogP contribution in [0.25, 0.3) is 0 Å². The van der Waals surface area contributed by atoms with Gasteiger partial charge in [-0.2, -0.15) is 0 Å². The van der Waals surface area contributed by atoms with Gasteiger partial charge in [0.1, 0.15) is 5.75 Å². The van der Waals surface area contributed by atoms with E-state index in [1.165, 1.54) is 0 Å². The van der Waals surface area contributed by atoms with Gasteiger partial charge in [-0.1, -0.05) is 12.1 Å². The molecule has 3 rings (SSSR count). The summed E-state index contributed by atoms with van der Waals surface area (Å²) < 4.78 is 5.77. The summed E-state index contributed by atoms with van der Waals surface area (Å²) >= 11 is 0. The van der Waals surface area contributed by atoms with Crippen LogP contribution in [0.3, 0.4) is 0 Å². The maximum atomic E-state index is 5.77. The topological polar surface area (TPSA) is 64.3 Å².